The van der Waals surface area contributed by atoms with E-state index in [1.807, 2.05) is 29.0 Å². The Labute approximate surface area is 172 Å². The van der Waals surface area contributed by atoms with Gasteiger partial charge in [-0.05, 0) is 11.8 Å². The minimum absolute atomic E-state index is 0.0305. The molecule has 1 atom stereocenters. The summed E-state index contributed by atoms with van der Waals surface area (Å²) in [6.45, 7) is 6.35. The van der Waals surface area contributed by atoms with Gasteiger partial charge in [0.05, 0.1) is 11.9 Å². The van der Waals surface area contributed by atoms with E-state index in [-0.39, 0.29) is 17.0 Å². The fraction of sp³-hybridized carbons (Fsp3) is 0.261. The number of carbonyl (C=O) groups is 1. The number of pyridine rings is 1. The monoisotopic (exact) mass is 403 g/mol. The lowest BCUT2D eigenvalue weighted by Gasteiger charge is -2.37. The molecule has 5 rings (SSSR count). The van der Waals surface area contributed by atoms with E-state index in [0.29, 0.717) is 17.9 Å². The van der Waals surface area contributed by atoms with Gasteiger partial charge in [-0.15, -0.1) is 0 Å². The van der Waals surface area contributed by atoms with E-state index in [2.05, 4.69) is 31.0 Å². The van der Waals surface area contributed by atoms with Crippen LogP contribution in [0.4, 0.5) is 0 Å². The lowest BCUT2D eigenvalue weighted by Crippen LogP contribution is -2.32. The Morgan fingerprint density at radius 3 is 2.80 bits per heavy atom. The standard InChI is InChI=1S/C23H21N3O4/c1-23(2,3)19-7-15-14-6-4-5-13(12-9-24-25-10-12)20(14)30-21(15)17-8-18(27)16(22(28)29)11-26(17)19/h4-6,8-11,19H,7H2,1-3H3,(H,24,25)(H,28,29). The van der Waals surface area contributed by atoms with Gasteiger partial charge in [0.1, 0.15) is 11.1 Å². The van der Waals surface area contributed by atoms with Crippen LogP contribution >= 0.6 is 0 Å². The molecule has 7 heteroatoms. The first-order valence-electron chi connectivity index (χ1n) is 9.79. The summed E-state index contributed by atoms with van der Waals surface area (Å²) in [6.07, 6.45) is 5.69. The Morgan fingerprint density at radius 2 is 2.13 bits per heavy atom. The number of carboxylic acid groups (broad SMARTS) is 1. The highest BCUT2D eigenvalue weighted by Crippen LogP contribution is 2.47. The maximum atomic E-state index is 12.5. The molecule has 3 aromatic heterocycles. The van der Waals surface area contributed by atoms with Crippen LogP contribution in [0.15, 0.2) is 52.1 Å². The molecule has 30 heavy (non-hydrogen) atoms. The molecule has 0 aliphatic carbocycles. The molecule has 0 fully saturated rings. The molecule has 0 saturated heterocycles. The van der Waals surface area contributed by atoms with Crippen LogP contribution in [0.2, 0.25) is 0 Å². The van der Waals surface area contributed by atoms with Crippen LogP contribution in [0.3, 0.4) is 0 Å². The lowest BCUT2D eigenvalue weighted by atomic mass is 9.79. The molecule has 1 aromatic carbocycles. The SMILES string of the molecule is CC(C)(C)C1Cc2c(oc3c(-c4cn[nH]c4)cccc23)-c2cc(=O)c(C(=O)O)cn21. The number of H-pyrrole nitrogens is 1. The van der Waals surface area contributed by atoms with Crippen LogP contribution in [-0.4, -0.2) is 25.8 Å². The van der Waals surface area contributed by atoms with Crippen LogP contribution < -0.4 is 5.43 Å². The number of fused-ring (bicyclic) bond motifs is 5. The molecule has 4 aromatic rings. The van der Waals surface area contributed by atoms with E-state index in [1.54, 1.807) is 6.20 Å². The Hall–Kier alpha value is -3.61. The number of aromatic amines is 1. The second-order valence-electron chi connectivity index (χ2n) is 8.81. The van der Waals surface area contributed by atoms with Crippen molar-refractivity contribution in [2.75, 3.05) is 0 Å². The second-order valence-corrected chi connectivity index (χ2v) is 8.81. The van der Waals surface area contributed by atoms with Crippen LogP contribution in [-0.2, 0) is 6.42 Å². The minimum atomic E-state index is -1.22. The second kappa shape index (κ2) is 6.19. The van der Waals surface area contributed by atoms with Crippen molar-refractivity contribution in [1.82, 2.24) is 14.8 Å². The van der Waals surface area contributed by atoms with Crippen molar-refractivity contribution in [3.63, 3.8) is 0 Å². The molecule has 0 amide bonds. The molecule has 152 valence electrons. The van der Waals surface area contributed by atoms with Gasteiger partial charge < -0.3 is 14.1 Å². The molecule has 2 N–H and O–H groups in total. The molecule has 7 nitrogen and oxygen atoms in total. The molecule has 1 unspecified atom stereocenters. The Kier molecular flexibility index (Phi) is 3.80. The fourth-order valence-corrected chi connectivity index (χ4v) is 4.37. The van der Waals surface area contributed by atoms with Gasteiger partial charge in [-0.25, -0.2) is 4.79 Å². The number of benzene rings is 1. The number of nitrogens with zero attached hydrogens (tertiary/aromatic N) is 2. The van der Waals surface area contributed by atoms with Crippen LogP contribution in [0, 0.1) is 5.41 Å². The van der Waals surface area contributed by atoms with Gasteiger partial charge in [0, 0.05) is 46.6 Å². The number of aromatic nitrogens is 3. The summed E-state index contributed by atoms with van der Waals surface area (Å²) in [4.78, 5) is 24.1. The number of aromatic carboxylic acids is 1. The summed E-state index contributed by atoms with van der Waals surface area (Å²) in [5, 5.41) is 17.3. The number of carboxylic acids is 1. The lowest BCUT2D eigenvalue weighted by molar-refractivity contribution is 0.0693. The predicted molar refractivity (Wildman–Crippen MR) is 113 cm³/mol. The highest BCUT2D eigenvalue weighted by molar-refractivity contribution is 5.98. The van der Waals surface area contributed by atoms with E-state index < -0.39 is 11.4 Å². The molecule has 0 spiro atoms. The van der Waals surface area contributed by atoms with Crippen LogP contribution in [0.1, 0.15) is 42.7 Å². The van der Waals surface area contributed by atoms with Gasteiger partial charge in [-0.3, -0.25) is 9.89 Å². The first kappa shape index (κ1) is 18.4. The number of hydrogen-bond donors (Lipinski definition) is 2. The summed E-state index contributed by atoms with van der Waals surface area (Å²) >= 11 is 0. The molecule has 1 aliphatic rings. The first-order chi connectivity index (χ1) is 14.3. The molecule has 0 saturated carbocycles. The summed E-state index contributed by atoms with van der Waals surface area (Å²) in [5.41, 5.74) is 3.30. The van der Waals surface area contributed by atoms with Crippen molar-refractivity contribution in [2.45, 2.75) is 33.2 Å². The molecular formula is C23H21N3O4. The van der Waals surface area contributed by atoms with E-state index in [1.165, 1.54) is 12.3 Å². The number of nitrogens with one attached hydrogen (secondary N) is 1. The number of para-hydroxylation sites is 1. The maximum absolute atomic E-state index is 12.5. The van der Waals surface area contributed by atoms with Gasteiger partial charge in [-0.1, -0.05) is 39.0 Å². The highest BCUT2D eigenvalue weighted by Gasteiger charge is 2.36. The predicted octanol–water partition coefficient (Wildman–Crippen LogP) is 4.49. The van der Waals surface area contributed by atoms with Gasteiger partial charge in [0.15, 0.2) is 11.2 Å². The quantitative estimate of drug-likeness (QED) is 0.513. The third kappa shape index (κ3) is 2.62. The van der Waals surface area contributed by atoms with E-state index >= 15 is 0 Å². The van der Waals surface area contributed by atoms with Gasteiger partial charge in [-0.2, -0.15) is 5.10 Å². The number of hydrogen-bond acceptors (Lipinski definition) is 4. The Balaban J connectivity index is 1.84. The summed E-state index contributed by atoms with van der Waals surface area (Å²) < 4.78 is 8.24. The van der Waals surface area contributed by atoms with Crippen LogP contribution in [0.5, 0.6) is 0 Å². The zero-order chi connectivity index (χ0) is 21.2. The zero-order valence-corrected chi connectivity index (χ0v) is 16.9. The van der Waals surface area contributed by atoms with Crippen molar-refractivity contribution < 1.29 is 14.3 Å². The van der Waals surface area contributed by atoms with E-state index in [0.717, 1.165) is 27.7 Å². The smallest absolute Gasteiger partial charge is 0.341 e. The summed E-state index contributed by atoms with van der Waals surface area (Å²) in [6, 6.07) is 7.35. The first-order valence-corrected chi connectivity index (χ1v) is 9.79. The number of furan rings is 1. The topological polar surface area (TPSA) is 101 Å². The normalized spacial score (nSPS) is 15.8. The van der Waals surface area contributed by atoms with Gasteiger partial charge in [0.25, 0.3) is 0 Å². The summed E-state index contributed by atoms with van der Waals surface area (Å²) in [5.74, 6) is -0.601. The van der Waals surface area contributed by atoms with E-state index in [9.17, 15) is 14.7 Å². The molecule has 1 aliphatic heterocycles. The Morgan fingerprint density at radius 1 is 1.33 bits per heavy atom. The van der Waals surface area contributed by atoms with Gasteiger partial charge >= 0.3 is 5.97 Å². The average molecular weight is 403 g/mol. The Bertz CT molecular complexity index is 1350. The fourth-order valence-electron chi connectivity index (χ4n) is 4.37. The molecule has 4 heterocycles. The number of rotatable bonds is 2. The molecule has 0 radical (unpaired) electrons. The molecule has 0 bridgehead atoms. The van der Waals surface area contributed by atoms with E-state index in [4.69, 9.17) is 4.42 Å². The van der Waals surface area contributed by atoms with Gasteiger partial charge in [0.2, 0.25) is 0 Å². The average Bonchev–Trinajstić information content (AvgIpc) is 3.33. The minimum Gasteiger partial charge on any atom is -0.477 e. The third-order valence-corrected chi connectivity index (χ3v) is 5.90. The van der Waals surface area contributed by atoms with Crippen molar-refractivity contribution in [1.29, 1.82) is 0 Å². The van der Waals surface area contributed by atoms with Crippen molar-refractivity contribution in [3.8, 4) is 22.6 Å². The zero-order valence-electron chi connectivity index (χ0n) is 16.9. The van der Waals surface area contributed by atoms with Crippen molar-refractivity contribution in [3.05, 3.63) is 64.2 Å². The van der Waals surface area contributed by atoms with Crippen molar-refractivity contribution >= 4 is 16.9 Å². The van der Waals surface area contributed by atoms with Crippen LogP contribution in [0.25, 0.3) is 33.6 Å². The summed E-state index contributed by atoms with van der Waals surface area (Å²) in [7, 11) is 0. The molecular weight excluding hydrogens is 382 g/mol. The third-order valence-electron chi connectivity index (χ3n) is 5.90. The highest BCUT2D eigenvalue weighted by atomic mass is 16.4. The maximum Gasteiger partial charge on any atom is 0.341 e. The van der Waals surface area contributed by atoms with Crippen molar-refractivity contribution in [2.24, 2.45) is 5.41 Å². The largest absolute Gasteiger partial charge is 0.477 e.